The van der Waals surface area contributed by atoms with Crippen LogP contribution in [0.4, 0.5) is 0 Å². The second-order valence-electron chi connectivity index (χ2n) is 4.86. The smallest absolute Gasteiger partial charge is 0.339 e. The summed E-state index contributed by atoms with van der Waals surface area (Å²) in [6.07, 6.45) is 3.56. The summed E-state index contributed by atoms with van der Waals surface area (Å²) in [5.41, 5.74) is 0.233. The topological polar surface area (TPSA) is 49.8 Å². The second-order valence-corrected chi connectivity index (χ2v) is 4.86. The number of para-hydroxylation sites is 1. The molecule has 1 aliphatic rings. The van der Waals surface area contributed by atoms with Gasteiger partial charge in [0.15, 0.2) is 0 Å². The van der Waals surface area contributed by atoms with Crippen molar-refractivity contribution in [2.75, 3.05) is 19.7 Å². The minimum absolute atomic E-state index is 0.233. The zero-order chi connectivity index (χ0) is 13.7. The highest BCUT2D eigenvalue weighted by Crippen LogP contribution is 2.26. The standard InChI is InChI=1S/C15H21NO3/c1-2-16(12-8-9-12)10-5-11-19-14-7-4-3-6-13(14)15(17)18/h3-4,6-7,12H,2,5,8-11H2,1H3,(H,17,18). The Labute approximate surface area is 114 Å². The number of benzene rings is 1. The minimum atomic E-state index is -0.941. The fourth-order valence-electron chi connectivity index (χ4n) is 2.26. The zero-order valence-corrected chi connectivity index (χ0v) is 11.3. The van der Waals surface area contributed by atoms with E-state index in [-0.39, 0.29) is 5.56 Å². The lowest BCUT2D eigenvalue weighted by molar-refractivity contribution is 0.0692. The molecule has 0 spiro atoms. The summed E-state index contributed by atoms with van der Waals surface area (Å²) in [5.74, 6) is -0.478. The Bertz CT molecular complexity index is 429. The lowest BCUT2D eigenvalue weighted by Crippen LogP contribution is -2.27. The first-order valence-electron chi connectivity index (χ1n) is 6.91. The highest BCUT2D eigenvalue weighted by molar-refractivity contribution is 5.90. The van der Waals surface area contributed by atoms with E-state index in [9.17, 15) is 4.79 Å². The van der Waals surface area contributed by atoms with Crippen LogP contribution < -0.4 is 4.74 Å². The van der Waals surface area contributed by atoms with Crippen molar-refractivity contribution in [1.82, 2.24) is 4.90 Å². The van der Waals surface area contributed by atoms with Crippen LogP contribution >= 0.6 is 0 Å². The molecule has 0 aliphatic heterocycles. The van der Waals surface area contributed by atoms with Crippen LogP contribution in [-0.4, -0.2) is 41.7 Å². The second kappa shape index (κ2) is 6.57. The summed E-state index contributed by atoms with van der Waals surface area (Å²) in [7, 11) is 0. The van der Waals surface area contributed by atoms with Gasteiger partial charge in [-0.2, -0.15) is 0 Å². The van der Waals surface area contributed by atoms with Crippen LogP contribution in [0.15, 0.2) is 24.3 Å². The summed E-state index contributed by atoms with van der Waals surface area (Å²) in [6.45, 7) is 4.85. The Morgan fingerprint density at radius 1 is 1.42 bits per heavy atom. The minimum Gasteiger partial charge on any atom is -0.493 e. The third-order valence-electron chi connectivity index (χ3n) is 3.43. The molecule has 0 radical (unpaired) electrons. The first-order valence-corrected chi connectivity index (χ1v) is 6.91. The number of ether oxygens (including phenoxy) is 1. The molecule has 104 valence electrons. The third kappa shape index (κ3) is 3.96. The predicted molar refractivity (Wildman–Crippen MR) is 73.8 cm³/mol. The van der Waals surface area contributed by atoms with E-state index >= 15 is 0 Å². The number of carboxylic acids is 1. The molecule has 2 rings (SSSR count). The molecule has 0 amide bonds. The van der Waals surface area contributed by atoms with Gasteiger partial charge in [0.25, 0.3) is 0 Å². The van der Waals surface area contributed by atoms with E-state index < -0.39 is 5.97 Å². The fraction of sp³-hybridized carbons (Fsp3) is 0.533. The third-order valence-corrected chi connectivity index (χ3v) is 3.43. The molecular weight excluding hydrogens is 242 g/mol. The number of rotatable bonds is 8. The Balaban J connectivity index is 1.77. The van der Waals surface area contributed by atoms with Gasteiger partial charge < -0.3 is 14.7 Å². The molecule has 0 heterocycles. The van der Waals surface area contributed by atoms with Crippen molar-refractivity contribution < 1.29 is 14.6 Å². The van der Waals surface area contributed by atoms with Crippen LogP contribution in [0.5, 0.6) is 5.75 Å². The molecule has 1 aromatic carbocycles. The van der Waals surface area contributed by atoms with E-state index in [1.54, 1.807) is 24.3 Å². The highest BCUT2D eigenvalue weighted by Gasteiger charge is 2.27. The molecule has 0 atom stereocenters. The van der Waals surface area contributed by atoms with Crippen molar-refractivity contribution in [3.8, 4) is 5.75 Å². The van der Waals surface area contributed by atoms with Gasteiger partial charge in [-0.25, -0.2) is 4.79 Å². The van der Waals surface area contributed by atoms with E-state index in [0.29, 0.717) is 12.4 Å². The molecule has 1 fully saturated rings. The average molecular weight is 263 g/mol. The molecular formula is C15H21NO3. The van der Waals surface area contributed by atoms with Gasteiger partial charge in [-0.15, -0.1) is 0 Å². The van der Waals surface area contributed by atoms with E-state index in [1.807, 2.05) is 0 Å². The van der Waals surface area contributed by atoms with Gasteiger partial charge in [-0.3, -0.25) is 0 Å². The molecule has 19 heavy (non-hydrogen) atoms. The maximum Gasteiger partial charge on any atom is 0.339 e. The summed E-state index contributed by atoms with van der Waals surface area (Å²) in [5, 5.41) is 9.04. The van der Waals surface area contributed by atoms with E-state index in [0.717, 1.165) is 25.6 Å². The van der Waals surface area contributed by atoms with Crippen molar-refractivity contribution in [2.45, 2.75) is 32.2 Å². The summed E-state index contributed by atoms with van der Waals surface area (Å²) >= 11 is 0. The van der Waals surface area contributed by atoms with Crippen LogP contribution in [0.25, 0.3) is 0 Å². The summed E-state index contributed by atoms with van der Waals surface area (Å²) in [6, 6.07) is 7.56. The molecule has 0 bridgehead atoms. The molecule has 1 saturated carbocycles. The average Bonchev–Trinajstić information content (AvgIpc) is 3.23. The quantitative estimate of drug-likeness (QED) is 0.732. The van der Waals surface area contributed by atoms with Crippen molar-refractivity contribution in [3.05, 3.63) is 29.8 Å². The van der Waals surface area contributed by atoms with Gasteiger partial charge in [0.1, 0.15) is 11.3 Å². The number of hydrogen-bond acceptors (Lipinski definition) is 3. The zero-order valence-electron chi connectivity index (χ0n) is 11.3. The van der Waals surface area contributed by atoms with Crippen LogP contribution in [0, 0.1) is 0 Å². The molecule has 1 aromatic rings. The van der Waals surface area contributed by atoms with E-state index in [1.165, 1.54) is 12.8 Å². The SMILES string of the molecule is CCN(CCCOc1ccccc1C(=O)O)C1CC1. The molecule has 4 heteroatoms. The van der Waals surface area contributed by atoms with Gasteiger partial charge in [-0.05, 0) is 37.9 Å². The fourth-order valence-corrected chi connectivity index (χ4v) is 2.26. The predicted octanol–water partition coefficient (Wildman–Crippen LogP) is 2.64. The van der Waals surface area contributed by atoms with Gasteiger partial charge in [0, 0.05) is 12.6 Å². The Kier molecular flexibility index (Phi) is 4.80. The molecule has 0 saturated heterocycles. The van der Waals surface area contributed by atoms with Crippen molar-refractivity contribution >= 4 is 5.97 Å². The van der Waals surface area contributed by atoms with Crippen LogP contribution in [0.1, 0.15) is 36.5 Å². The molecule has 0 unspecified atom stereocenters. The lowest BCUT2D eigenvalue weighted by atomic mass is 10.2. The number of nitrogens with zero attached hydrogens (tertiary/aromatic N) is 1. The summed E-state index contributed by atoms with van der Waals surface area (Å²) in [4.78, 5) is 13.5. The molecule has 1 aliphatic carbocycles. The Hall–Kier alpha value is -1.55. The number of aromatic carboxylic acids is 1. The van der Waals surface area contributed by atoms with Crippen LogP contribution in [0.3, 0.4) is 0 Å². The molecule has 1 N–H and O–H groups in total. The van der Waals surface area contributed by atoms with Gasteiger partial charge in [0.2, 0.25) is 0 Å². The van der Waals surface area contributed by atoms with E-state index in [4.69, 9.17) is 9.84 Å². The van der Waals surface area contributed by atoms with Gasteiger partial charge in [0.05, 0.1) is 6.61 Å². The van der Waals surface area contributed by atoms with Crippen molar-refractivity contribution in [2.24, 2.45) is 0 Å². The first kappa shape index (κ1) is 13.9. The lowest BCUT2D eigenvalue weighted by Gasteiger charge is -2.19. The first-order chi connectivity index (χ1) is 9.22. The number of carboxylic acid groups (broad SMARTS) is 1. The maximum atomic E-state index is 11.0. The maximum absolute atomic E-state index is 11.0. The van der Waals surface area contributed by atoms with Gasteiger partial charge in [-0.1, -0.05) is 19.1 Å². The Morgan fingerprint density at radius 3 is 2.79 bits per heavy atom. The highest BCUT2D eigenvalue weighted by atomic mass is 16.5. The van der Waals surface area contributed by atoms with Gasteiger partial charge >= 0.3 is 5.97 Å². The van der Waals surface area contributed by atoms with Crippen molar-refractivity contribution in [3.63, 3.8) is 0 Å². The number of carbonyl (C=O) groups is 1. The normalized spacial score (nSPS) is 14.6. The van der Waals surface area contributed by atoms with Crippen molar-refractivity contribution in [1.29, 1.82) is 0 Å². The molecule has 0 aromatic heterocycles. The van der Waals surface area contributed by atoms with Crippen LogP contribution in [-0.2, 0) is 0 Å². The van der Waals surface area contributed by atoms with E-state index in [2.05, 4.69) is 11.8 Å². The monoisotopic (exact) mass is 263 g/mol. The largest absolute Gasteiger partial charge is 0.493 e. The number of hydrogen-bond donors (Lipinski definition) is 1. The summed E-state index contributed by atoms with van der Waals surface area (Å²) < 4.78 is 5.59. The van der Waals surface area contributed by atoms with Crippen LogP contribution in [0.2, 0.25) is 0 Å². The Morgan fingerprint density at radius 2 is 2.16 bits per heavy atom. The molecule has 4 nitrogen and oxygen atoms in total.